The molecule has 0 aromatic rings. The van der Waals surface area contributed by atoms with Gasteiger partial charge in [-0.25, -0.2) is 0 Å². The third kappa shape index (κ3) is 3.95. The first-order valence-electron chi connectivity index (χ1n) is 5.81. The van der Waals surface area contributed by atoms with Crippen LogP contribution in [0.1, 0.15) is 32.1 Å². The third-order valence-electron chi connectivity index (χ3n) is 3.06. The summed E-state index contributed by atoms with van der Waals surface area (Å²) in [6.07, 6.45) is 6.47. The topological polar surface area (TPSA) is 38.5 Å². The Kier molecular flexibility index (Phi) is 6.15. The van der Waals surface area contributed by atoms with E-state index in [2.05, 4.69) is 4.90 Å². The first-order chi connectivity index (χ1) is 6.88. The summed E-state index contributed by atoms with van der Waals surface area (Å²) >= 11 is 0. The van der Waals surface area contributed by atoms with Gasteiger partial charge in [0.15, 0.2) is 0 Å². The van der Waals surface area contributed by atoms with Crippen molar-refractivity contribution < 1.29 is 4.74 Å². The van der Waals surface area contributed by atoms with E-state index < -0.39 is 0 Å². The van der Waals surface area contributed by atoms with E-state index in [4.69, 9.17) is 10.5 Å². The van der Waals surface area contributed by atoms with Crippen LogP contribution in [0.25, 0.3) is 0 Å². The average Bonchev–Trinajstić information content (AvgIpc) is 2.43. The van der Waals surface area contributed by atoms with Gasteiger partial charge in [0.2, 0.25) is 0 Å². The van der Waals surface area contributed by atoms with Crippen molar-refractivity contribution in [2.75, 3.05) is 33.4 Å². The van der Waals surface area contributed by atoms with Crippen LogP contribution < -0.4 is 5.73 Å². The van der Waals surface area contributed by atoms with Gasteiger partial charge in [-0.05, 0) is 25.8 Å². The Morgan fingerprint density at radius 3 is 2.93 bits per heavy atom. The number of nitrogens with zero attached hydrogens (tertiary/aromatic N) is 1. The fraction of sp³-hybridized carbons (Fsp3) is 1.00. The predicted molar refractivity (Wildman–Crippen MR) is 59.4 cm³/mol. The fourth-order valence-electron chi connectivity index (χ4n) is 2.21. The van der Waals surface area contributed by atoms with Crippen LogP contribution in [0.3, 0.4) is 0 Å². The highest BCUT2D eigenvalue weighted by atomic mass is 16.5. The maximum atomic E-state index is 5.79. The second-order valence-electron chi connectivity index (χ2n) is 4.12. The number of rotatable bonds is 5. The van der Waals surface area contributed by atoms with E-state index in [1.54, 1.807) is 7.11 Å². The molecule has 0 saturated carbocycles. The Labute approximate surface area is 87.6 Å². The van der Waals surface area contributed by atoms with E-state index in [1.165, 1.54) is 32.2 Å². The summed E-state index contributed by atoms with van der Waals surface area (Å²) < 4.78 is 5.08. The summed E-state index contributed by atoms with van der Waals surface area (Å²) in [6, 6.07) is 0.620. The van der Waals surface area contributed by atoms with Gasteiger partial charge in [0.1, 0.15) is 0 Å². The second kappa shape index (κ2) is 7.21. The van der Waals surface area contributed by atoms with Crippen molar-refractivity contribution >= 4 is 0 Å². The molecule has 0 aromatic heterocycles. The van der Waals surface area contributed by atoms with Gasteiger partial charge in [-0.2, -0.15) is 0 Å². The predicted octanol–water partition coefficient (Wildman–Crippen LogP) is 1.23. The van der Waals surface area contributed by atoms with Crippen molar-refractivity contribution in [1.82, 2.24) is 4.90 Å². The van der Waals surface area contributed by atoms with E-state index in [9.17, 15) is 0 Å². The highest BCUT2D eigenvalue weighted by Crippen LogP contribution is 2.15. The smallest absolute Gasteiger partial charge is 0.0474 e. The summed E-state index contributed by atoms with van der Waals surface area (Å²) in [5.74, 6) is 0. The number of ether oxygens (including phenoxy) is 1. The molecule has 0 aliphatic carbocycles. The van der Waals surface area contributed by atoms with E-state index in [0.717, 1.165) is 26.1 Å². The molecule has 1 heterocycles. The quantitative estimate of drug-likeness (QED) is 0.678. The van der Waals surface area contributed by atoms with Gasteiger partial charge in [0, 0.05) is 32.8 Å². The van der Waals surface area contributed by atoms with Gasteiger partial charge < -0.3 is 10.5 Å². The van der Waals surface area contributed by atoms with Crippen LogP contribution in [-0.4, -0.2) is 44.3 Å². The molecule has 2 N–H and O–H groups in total. The zero-order chi connectivity index (χ0) is 10.2. The molecule has 0 radical (unpaired) electrons. The minimum atomic E-state index is 0.620. The highest BCUT2D eigenvalue weighted by molar-refractivity contribution is 4.75. The van der Waals surface area contributed by atoms with Crippen molar-refractivity contribution in [2.24, 2.45) is 5.73 Å². The molecule has 1 atom stereocenters. The maximum absolute atomic E-state index is 5.79. The second-order valence-corrected chi connectivity index (χ2v) is 4.12. The Morgan fingerprint density at radius 2 is 2.21 bits per heavy atom. The summed E-state index contributed by atoms with van der Waals surface area (Å²) in [5.41, 5.74) is 5.79. The molecule has 0 bridgehead atoms. The Balaban J connectivity index is 2.28. The van der Waals surface area contributed by atoms with Gasteiger partial charge in [-0.3, -0.25) is 4.90 Å². The summed E-state index contributed by atoms with van der Waals surface area (Å²) in [4.78, 5) is 2.55. The molecule has 1 unspecified atom stereocenters. The minimum absolute atomic E-state index is 0.620. The Morgan fingerprint density at radius 1 is 1.36 bits per heavy atom. The molecular weight excluding hydrogens is 176 g/mol. The lowest BCUT2D eigenvalue weighted by Crippen LogP contribution is -2.40. The molecule has 1 fully saturated rings. The number of nitrogens with two attached hydrogens (primary N) is 1. The Hall–Kier alpha value is -0.120. The number of likely N-dealkylation sites (tertiary alicyclic amines) is 1. The van der Waals surface area contributed by atoms with Crippen molar-refractivity contribution in [3.05, 3.63) is 0 Å². The molecule has 1 aliphatic heterocycles. The Bertz CT molecular complexity index is 141. The minimum Gasteiger partial charge on any atom is -0.385 e. The lowest BCUT2D eigenvalue weighted by Gasteiger charge is -2.28. The van der Waals surface area contributed by atoms with Crippen LogP contribution in [0.15, 0.2) is 0 Å². The average molecular weight is 200 g/mol. The molecule has 14 heavy (non-hydrogen) atoms. The first kappa shape index (κ1) is 12.0. The zero-order valence-electron chi connectivity index (χ0n) is 9.37. The normalized spacial score (nSPS) is 24.9. The van der Waals surface area contributed by atoms with Gasteiger partial charge in [0.05, 0.1) is 0 Å². The lowest BCUT2D eigenvalue weighted by molar-refractivity contribution is 0.152. The lowest BCUT2D eigenvalue weighted by atomic mass is 10.1. The van der Waals surface area contributed by atoms with Crippen molar-refractivity contribution in [2.45, 2.75) is 38.1 Å². The number of hydrogen-bond donors (Lipinski definition) is 1. The van der Waals surface area contributed by atoms with E-state index in [1.807, 2.05) is 0 Å². The van der Waals surface area contributed by atoms with E-state index >= 15 is 0 Å². The molecule has 3 heteroatoms. The van der Waals surface area contributed by atoms with Gasteiger partial charge in [0.25, 0.3) is 0 Å². The molecule has 1 saturated heterocycles. The van der Waals surface area contributed by atoms with Crippen molar-refractivity contribution in [3.8, 4) is 0 Å². The van der Waals surface area contributed by atoms with Gasteiger partial charge >= 0.3 is 0 Å². The number of methoxy groups -OCH3 is 1. The van der Waals surface area contributed by atoms with Gasteiger partial charge in [-0.15, -0.1) is 0 Å². The van der Waals surface area contributed by atoms with Crippen LogP contribution in [0.5, 0.6) is 0 Å². The van der Waals surface area contributed by atoms with Crippen LogP contribution in [0.2, 0.25) is 0 Å². The van der Waals surface area contributed by atoms with Crippen LogP contribution >= 0.6 is 0 Å². The zero-order valence-corrected chi connectivity index (χ0v) is 9.37. The van der Waals surface area contributed by atoms with Crippen LogP contribution in [0.4, 0.5) is 0 Å². The summed E-state index contributed by atoms with van der Waals surface area (Å²) in [6.45, 7) is 4.06. The SMILES string of the molecule is COCCCN1CCCCCC1CN. The van der Waals surface area contributed by atoms with Gasteiger partial charge in [-0.1, -0.05) is 12.8 Å². The fourth-order valence-corrected chi connectivity index (χ4v) is 2.21. The summed E-state index contributed by atoms with van der Waals surface area (Å²) in [7, 11) is 1.77. The molecule has 0 aromatic carbocycles. The standard InChI is InChI=1S/C11H24N2O/c1-14-9-5-8-13-7-4-2-3-6-11(13)10-12/h11H,2-10,12H2,1H3. The molecule has 0 amide bonds. The maximum Gasteiger partial charge on any atom is 0.0474 e. The highest BCUT2D eigenvalue weighted by Gasteiger charge is 2.18. The van der Waals surface area contributed by atoms with Crippen molar-refractivity contribution in [3.63, 3.8) is 0 Å². The molecule has 3 nitrogen and oxygen atoms in total. The van der Waals surface area contributed by atoms with Crippen LogP contribution in [-0.2, 0) is 4.74 Å². The monoisotopic (exact) mass is 200 g/mol. The van der Waals surface area contributed by atoms with E-state index in [0.29, 0.717) is 6.04 Å². The molecule has 84 valence electrons. The molecule has 1 rings (SSSR count). The van der Waals surface area contributed by atoms with Crippen molar-refractivity contribution in [1.29, 1.82) is 0 Å². The summed E-state index contributed by atoms with van der Waals surface area (Å²) in [5, 5.41) is 0. The third-order valence-corrected chi connectivity index (χ3v) is 3.06. The first-order valence-corrected chi connectivity index (χ1v) is 5.81. The van der Waals surface area contributed by atoms with E-state index in [-0.39, 0.29) is 0 Å². The molecule has 0 spiro atoms. The molecular formula is C11H24N2O. The molecule has 1 aliphatic rings. The largest absolute Gasteiger partial charge is 0.385 e. The van der Waals surface area contributed by atoms with Crippen LogP contribution in [0, 0.1) is 0 Å². The number of hydrogen-bond acceptors (Lipinski definition) is 3.